The molecular weight excluding hydrogens is 252 g/mol. The van der Waals surface area contributed by atoms with Crippen molar-refractivity contribution in [3.8, 4) is 0 Å². The molecule has 0 aliphatic carbocycles. The Kier molecular flexibility index (Phi) is 4.09. The molecule has 1 unspecified atom stereocenters. The molecule has 0 aromatic carbocycles. The fourth-order valence-corrected chi connectivity index (χ4v) is 2.35. The molecule has 0 N–H and O–H groups in total. The lowest BCUT2D eigenvalue weighted by molar-refractivity contribution is -0.127. The minimum atomic E-state index is -0.305. The van der Waals surface area contributed by atoms with Crippen molar-refractivity contribution < 1.29 is 9.53 Å². The van der Waals surface area contributed by atoms with E-state index in [0.29, 0.717) is 6.42 Å². The summed E-state index contributed by atoms with van der Waals surface area (Å²) in [4.78, 5) is 12.5. The van der Waals surface area contributed by atoms with Crippen LogP contribution >= 0.6 is 27.3 Å². The zero-order chi connectivity index (χ0) is 9.84. The van der Waals surface area contributed by atoms with Crippen LogP contribution < -0.4 is 0 Å². The topological polar surface area (TPSA) is 26.3 Å². The summed E-state index contributed by atoms with van der Waals surface area (Å²) in [7, 11) is 1.55. The molecule has 2 nitrogen and oxygen atoms in total. The van der Waals surface area contributed by atoms with Gasteiger partial charge in [-0.25, -0.2) is 0 Å². The lowest BCUT2D eigenvalue weighted by Crippen LogP contribution is -2.20. The summed E-state index contributed by atoms with van der Waals surface area (Å²) in [5.41, 5.74) is 0. The van der Waals surface area contributed by atoms with Gasteiger partial charge in [0.05, 0.1) is 0 Å². The third-order valence-corrected chi connectivity index (χ3v) is 3.47. The Hall–Kier alpha value is -0.190. The second kappa shape index (κ2) is 4.88. The summed E-state index contributed by atoms with van der Waals surface area (Å²) < 4.78 is 5.97. The number of ether oxygens (including phenoxy) is 1. The molecule has 1 atom stereocenters. The van der Waals surface area contributed by atoms with Crippen LogP contribution in [0.2, 0.25) is 0 Å². The van der Waals surface area contributed by atoms with Crippen LogP contribution in [0.25, 0.3) is 0 Å². The molecule has 0 aliphatic rings. The van der Waals surface area contributed by atoms with Gasteiger partial charge < -0.3 is 4.74 Å². The Labute approximate surface area is 90.0 Å². The van der Waals surface area contributed by atoms with Crippen molar-refractivity contribution in [3.63, 3.8) is 0 Å². The normalized spacial score (nSPS) is 12.8. The van der Waals surface area contributed by atoms with Crippen molar-refractivity contribution in [2.45, 2.75) is 19.4 Å². The van der Waals surface area contributed by atoms with Gasteiger partial charge in [-0.1, -0.05) is 0 Å². The highest BCUT2D eigenvalue weighted by atomic mass is 79.9. The molecule has 4 heteroatoms. The van der Waals surface area contributed by atoms with Gasteiger partial charge in [-0.3, -0.25) is 4.79 Å². The molecule has 13 heavy (non-hydrogen) atoms. The van der Waals surface area contributed by atoms with Crippen molar-refractivity contribution in [2.24, 2.45) is 0 Å². The first-order valence-corrected chi connectivity index (χ1v) is 5.59. The largest absolute Gasteiger partial charge is 0.374 e. The number of methoxy groups -OCH3 is 1. The van der Waals surface area contributed by atoms with E-state index in [1.807, 2.05) is 11.4 Å². The number of rotatable bonds is 4. The molecule has 1 rings (SSSR count). The molecule has 0 aliphatic heterocycles. The van der Waals surface area contributed by atoms with Crippen LogP contribution in [0.4, 0.5) is 0 Å². The van der Waals surface area contributed by atoms with Crippen LogP contribution in [0.1, 0.15) is 11.8 Å². The van der Waals surface area contributed by atoms with Crippen molar-refractivity contribution in [2.75, 3.05) is 7.11 Å². The molecule has 0 saturated heterocycles. The number of carbonyl (C=O) groups is 1. The first-order chi connectivity index (χ1) is 6.13. The Bertz CT molecular complexity index is 296. The van der Waals surface area contributed by atoms with Gasteiger partial charge in [0.25, 0.3) is 0 Å². The van der Waals surface area contributed by atoms with Crippen molar-refractivity contribution in [1.82, 2.24) is 0 Å². The standard InChI is InChI=1S/C9H11BrO2S/c1-6(12-2)9(11)4-8-3-7(10)5-13-8/h3,5-6H,4H2,1-2H3. The van der Waals surface area contributed by atoms with Gasteiger partial charge >= 0.3 is 0 Å². The monoisotopic (exact) mass is 262 g/mol. The molecule has 0 spiro atoms. The van der Waals surface area contributed by atoms with E-state index in [1.165, 1.54) is 0 Å². The molecule has 0 saturated carbocycles. The van der Waals surface area contributed by atoms with E-state index < -0.39 is 0 Å². The van der Waals surface area contributed by atoms with Crippen LogP contribution in [-0.4, -0.2) is 19.0 Å². The number of Topliss-reactive ketones (excluding diaryl/α,β-unsaturated/α-hetero) is 1. The minimum absolute atomic E-state index is 0.122. The van der Waals surface area contributed by atoms with Gasteiger partial charge in [0.2, 0.25) is 0 Å². The number of carbonyl (C=O) groups excluding carboxylic acids is 1. The number of hydrogen-bond acceptors (Lipinski definition) is 3. The quantitative estimate of drug-likeness (QED) is 0.834. The number of halogens is 1. The molecule has 1 aromatic rings. The van der Waals surface area contributed by atoms with Crippen LogP contribution in [0, 0.1) is 0 Å². The van der Waals surface area contributed by atoms with Gasteiger partial charge in [-0.05, 0) is 28.9 Å². The summed E-state index contributed by atoms with van der Waals surface area (Å²) in [6, 6.07) is 1.96. The third-order valence-electron chi connectivity index (χ3n) is 1.78. The lowest BCUT2D eigenvalue weighted by atomic mass is 10.2. The third kappa shape index (κ3) is 3.21. The summed E-state index contributed by atoms with van der Waals surface area (Å²) in [5, 5.41) is 1.97. The summed E-state index contributed by atoms with van der Waals surface area (Å²) >= 11 is 4.93. The van der Waals surface area contributed by atoms with Crippen LogP contribution in [0.3, 0.4) is 0 Å². The highest BCUT2D eigenvalue weighted by molar-refractivity contribution is 9.10. The molecule has 1 aromatic heterocycles. The SMILES string of the molecule is COC(C)C(=O)Cc1cc(Br)cs1. The molecule has 0 radical (unpaired) electrons. The summed E-state index contributed by atoms with van der Waals surface area (Å²) in [5.74, 6) is 0.122. The maximum absolute atomic E-state index is 11.4. The Morgan fingerprint density at radius 2 is 2.46 bits per heavy atom. The maximum atomic E-state index is 11.4. The zero-order valence-corrected chi connectivity index (χ0v) is 9.94. The van der Waals surface area contributed by atoms with E-state index in [-0.39, 0.29) is 11.9 Å². The molecular formula is C9H11BrO2S. The molecule has 1 heterocycles. The van der Waals surface area contributed by atoms with Crippen molar-refractivity contribution in [1.29, 1.82) is 0 Å². The van der Waals surface area contributed by atoms with Crippen molar-refractivity contribution >= 4 is 33.0 Å². The predicted octanol–water partition coefficient (Wildman–Crippen LogP) is 2.66. The Balaban J connectivity index is 2.54. The van der Waals surface area contributed by atoms with Crippen LogP contribution in [0.15, 0.2) is 15.9 Å². The highest BCUT2D eigenvalue weighted by Gasteiger charge is 2.12. The number of ketones is 1. The summed E-state index contributed by atoms with van der Waals surface area (Å²) in [6.45, 7) is 1.77. The van der Waals surface area contributed by atoms with Gasteiger partial charge in [0.15, 0.2) is 5.78 Å². The molecule has 0 bridgehead atoms. The first kappa shape index (κ1) is 10.9. The highest BCUT2D eigenvalue weighted by Crippen LogP contribution is 2.20. The van der Waals surface area contributed by atoms with E-state index in [1.54, 1.807) is 25.4 Å². The minimum Gasteiger partial charge on any atom is -0.374 e. The second-order valence-electron chi connectivity index (χ2n) is 2.75. The fraction of sp³-hybridized carbons (Fsp3) is 0.444. The van der Waals surface area contributed by atoms with E-state index >= 15 is 0 Å². The van der Waals surface area contributed by atoms with Crippen molar-refractivity contribution in [3.05, 3.63) is 20.8 Å². The van der Waals surface area contributed by atoms with Crippen LogP contribution in [-0.2, 0) is 16.0 Å². The number of thiophene rings is 1. The van der Waals surface area contributed by atoms with E-state index in [0.717, 1.165) is 9.35 Å². The Morgan fingerprint density at radius 3 is 2.92 bits per heavy atom. The lowest BCUT2D eigenvalue weighted by Gasteiger charge is -2.06. The number of hydrogen-bond donors (Lipinski definition) is 0. The second-order valence-corrected chi connectivity index (χ2v) is 4.66. The van der Waals surface area contributed by atoms with Gasteiger partial charge in [0, 0.05) is 28.3 Å². The van der Waals surface area contributed by atoms with E-state index in [9.17, 15) is 4.79 Å². The van der Waals surface area contributed by atoms with Gasteiger partial charge in [0.1, 0.15) is 6.10 Å². The van der Waals surface area contributed by atoms with E-state index in [4.69, 9.17) is 4.74 Å². The predicted molar refractivity (Wildman–Crippen MR) is 57.2 cm³/mol. The molecule has 0 fully saturated rings. The van der Waals surface area contributed by atoms with E-state index in [2.05, 4.69) is 15.9 Å². The zero-order valence-electron chi connectivity index (χ0n) is 7.54. The summed E-state index contributed by atoms with van der Waals surface area (Å²) in [6.07, 6.45) is 0.159. The Morgan fingerprint density at radius 1 is 1.77 bits per heavy atom. The first-order valence-electron chi connectivity index (χ1n) is 3.92. The smallest absolute Gasteiger partial charge is 0.166 e. The molecule has 72 valence electrons. The van der Waals surface area contributed by atoms with Gasteiger partial charge in [-0.2, -0.15) is 0 Å². The van der Waals surface area contributed by atoms with Gasteiger partial charge in [-0.15, -0.1) is 11.3 Å². The fourth-order valence-electron chi connectivity index (χ4n) is 0.893. The maximum Gasteiger partial charge on any atom is 0.166 e. The van der Waals surface area contributed by atoms with Crippen LogP contribution in [0.5, 0.6) is 0 Å². The average Bonchev–Trinajstić information content (AvgIpc) is 2.49. The average molecular weight is 263 g/mol. The molecule has 0 amide bonds.